The molecule has 2 aliphatic rings. The zero-order valence-electron chi connectivity index (χ0n) is 13.4. The first-order chi connectivity index (χ1) is 10.6. The van der Waals surface area contributed by atoms with Crippen molar-refractivity contribution in [3.8, 4) is 0 Å². The monoisotopic (exact) mass is 337 g/mol. The lowest BCUT2D eigenvalue weighted by molar-refractivity contribution is -0.117. The van der Waals surface area contributed by atoms with Gasteiger partial charge in [-0.2, -0.15) is 0 Å². The number of halogens is 1. The summed E-state index contributed by atoms with van der Waals surface area (Å²) in [6.45, 7) is 4.34. The normalized spacial score (nSPS) is 17.3. The molecule has 2 aliphatic heterocycles. The SMILES string of the molecule is CC(=O)N1CCc2cc(NC(=O)CC3CCNCC3)ccc21.Cl. The molecule has 2 heterocycles. The standard InChI is InChI=1S/C17H23N3O2.ClH/c1-12(21)20-9-6-14-11-15(2-3-16(14)20)19-17(22)10-13-4-7-18-8-5-13;/h2-3,11,13,18H,4-10H2,1H3,(H,19,22);1H. The molecule has 3 rings (SSSR count). The van der Waals surface area contributed by atoms with Crippen molar-refractivity contribution in [1.29, 1.82) is 0 Å². The molecule has 6 heteroatoms. The largest absolute Gasteiger partial charge is 0.326 e. The minimum Gasteiger partial charge on any atom is -0.326 e. The molecule has 0 aliphatic carbocycles. The van der Waals surface area contributed by atoms with Crippen molar-refractivity contribution < 1.29 is 9.59 Å². The number of benzene rings is 1. The lowest BCUT2D eigenvalue weighted by Crippen LogP contribution is -2.30. The molecule has 2 amide bonds. The van der Waals surface area contributed by atoms with Crippen molar-refractivity contribution in [1.82, 2.24) is 5.32 Å². The highest BCUT2D eigenvalue weighted by atomic mass is 35.5. The van der Waals surface area contributed by atoms with Crippen LogP contribution < -0.4 is 15.5 Å². The van der Waals surface area contributed by atoms with Gasteiger partial charge in [0.25, 0.3) is 0 Å². The second kappa shape index (κ2) is 7.79. The first kappa shape index (κ1) is 17.8. The average Bonchev–Trinajstić information content (AvgIpc) is 2.91. The highest BCUT2D eigenvalue weighted by Crippen LogP contribution is 2.30. The van der Waals surface area contributed by atoms with Crippen molar-refractivity contribution in [3.63, 3.8) is 0 Å². The van der Waals surface area contributed by atoms with E-state index >= 15 is 0 Å². The fourth-order valence-corrected chi connectivity index (χ4v) is 3.37. The smallest absolute Gasteiger partial charge is 0.224 e. The molecule has 126 valence electrons. The molecule has 0 radical (unpaired) electrons. The Bertz CT molecular complexity index is 585. The molecule has 1 saturated heterocycles. The van der Waals surface area contributed by atoms with Gasteiger partial charge in [0.1, 0.15) is 0 Å². The molecule has 23 heavy (non-hydrogen) atoms. The third kappa shape index (κ3) is 4.24. The summed E-state index contributed by atoms with van der Waals surface area (Å²) in [6, 6.07) is 5.82. The minimum atomic E-state index is 0. The fourth-order valence-electron chi connectivity index (χ4n) is 3.37. The maximum atomic E-state index is 12.2. The van der Waals surface area contributed by atoms with Crippen LogP contribution >= 0.6 is 12.4 Å². The van der Waals surface area contributed by atoms with E-state index in [9.17, 15) is 9.59 Å². The quantitative estimate of drug-likeness (QED) is 0.890. The summed E-state index contributed by atoms with van der Waals surface area (Å²) in [5, 5.41) is 6.32. The van der Waals surface area contributed by atoms with E-state index in [1.165, 1.54) is 0 Å². The van der Waals surface area contributed by atoms with Crippen LogP contribution in [0, 0.1) is 5.92 Å². The Kier molecular flexibility index (Phi) is 6.02. The fraction of sp³-hybridized carbons (Fsp3) is 0.529. The van der Waals surface area contributed by atoms with Crippen LogP contribution in [0.5, 0.6) is 0 Å². The van der Waals surface area contributed by atoms with Gasteiger partial charge in [0, 0.05) is 31.3 Å². The van der Waals surface area contributed by atoms with Crippen molar-refractivity contribution in [2.24, 2.45) is 5.92 Å². The molecular formula is C17H24ClN3O2. The lowest BCUT2D eigenvalue weighted by Gasteiger charge is -2.22. The first-order valence-corrected chi connectivity index (χ1v) is 8.05. The molecule has 0 bridgehead atoms. The second-order valence-corrected chi connectivity index (χ2v) is 6.21. The zero-order chi connectivity index (χ0) is 15.5. The number of nitrogens with one attached hydrogen (secondary N) is 2. The van der Waals surface area contributed by atoms with Gasteiger partial charge < -0.3 is 15.5 Å². The molecule has 0 atom stereocenters. The van der Waals surface area contributed by atoms with Gasteiger partial charge in [0.2, 0.25) is 11.8 Å². The van der Waals surface area contributed by atoms with Gasteiger partial charge >= 0.3 is 0 Å². The second-order valence-electron chi connectivity index (χ2n) is 6.21. The lowest BCUT2D eigenvalue weighted by atomic mass is 9.94. The van der Waals surface area contributed by atoms with Crippen LogP contribution in [0.3, 0.4) is 0 Å². The van der Waals surface area contributed by atoms with E-state index in [4.69, 9.17) is 0 Å². The number of anilines is 2. The number of carbonyl (C=O) groups is 2. The Balaban J connectivity index is 0.00000192. The Labute approximate surface area is 143 Å². The maximum Gasteiger partial charge on any atom is 0.224 e. The average molecular weight is 338 g/mol. The molecule has 0 aromatic heterocycles. The number of carbonyl (C=O) groups excluding carboxylic acids is 2. The summed E-state index contributed by atoms with van der Waals surface area (Å²) in [4.78, 5) is 25.5. The Morgan fingerprint density at radius 3 is 2.74 bits per heavy atom. The topological polar surface area (TPSA) is 61.4 Å². The van der Waals surface area contributed by atoms with E-state index in [1.807, 2.05) is 18.2 Å². The number of hydrogen-bond donors (Lipinski definition) is 2. The molecule has 0 saturated carbocycles. The van der Waals surface area contributed by atoms with Crippen molar-refractivity contribution in [2.45, 2.75) is 32.6 Å². The predicted molar refractivity (Wildman–Crippen MR) is 94.3 cm³/mol. The summed E-state index contributed by atoms with van der Waals surface area (Å²) in [6.07, 6.45) is 3.60. The highest BCUT2D eigenvalue weighted by Gasteiger charge is 2.22. The van der Waals surface area contributed by atoms with Crippen LogP contribution in [0.25, 0.3) is 0 Å². The van der Waals surface area contributed by atoms with Gasteiger partial charge in [0.05, 0.1) is 0 Å². The van der Waals surface area contributed by atoms with E-state index in [-0.39, 0.29) is 24.2 Å². The molecule has 1 fully saturated rings. The van der Waals surface area contributed by atoms with Gasteiger partial charge in [-0.15, -0.1) is 12.4 Å². The number of piperidine rings is 1. The number of rotatable bonds is 3. The zero-order valence-corrected chi connectivity index (χ0v) is 14.2. The van der Waals surface area contributed by atoms with Gasteiger partial charge in [-0.1, -0.05) is 0 Å². The van der Waals surface area contributed by atoms with Gasteiger partial charge in [-0.05, 0) is 62.0 Å². The third-order valence-electron chi connectivity index (χ3n) is 4.57. The van der Waals surface area contributed by atoms with E-state index in [0.717, 1.165) is 55.8 Å². The van der Waals surface area contributed by atoms with Crippen LogP contribution in [0.2, 0.25) is 0 Å². The first-order valence-electron chi connectivity index (χ1n) is 8.05. The Morgan fingerprint density at radius 1 is 1.30 bits per heavy atom. The Hall–Kier alpha value is -1.59. The molecule has 1 aromatic rings. The summed E-state index contributed by atoms with van der Waals surface area (Å²) in [5.41, 5.74) is 2.95. The van der Waals surface area contributed by atoms with Crippen molar-refractivity contribution >= 4 is 35.6 Å². The van der Waals surface area contributed by atoms with Gasteiger partial charge in [-0.3, -0.25) is 9.59 Å². The minimum absolute atomic E-state index is 0. The third-order valence-corrected chi connectivity index (χ3v) is 4.57. The summed E-state index contributed by atoms with van der Waals surface area (Å²) in [7, 11) is 0. The van der Waals surface area contributed by atoms with E-state index in [1.54, 1.807) is 11.8 Å². The maximum absolute atomic E-state index is 12.2. The van der Waals surface area contributed by atoms with E-state index < -0.39 is 0 Å². The summed E-state index contributed by atoms with van der Waals surface area (Å²) in [5.74, 6) is 0.651. The van der Waals surface area contributed by atoms with Crippen LogP contribution in [0.4, 0.5) is 11.4 Å². The Morgan fingerprint density at radius 2 is 2.04 bits per heavy atom. The van der Waals surface area contributed by atoms with Crippen molar-refractivity contribution in [2.75, 3.05) is 29.9 Å². The predicted octanol–water partition coefficient (Wildman–Crippen LogP) is 2.35. The molecule has 0 spiro atoms. The van der Waals surface area contributed by atoms with E-state index in [0.29, 0.717) is 12.3 Å². The molecule has 5 nitrogen and oxygen atoms in total. The number of hydrogen-bond acceptors (Lipinski definition) is 3. The molecule has 2 N–H and O–H groups in total. The van der Waals surface area contributed by atoms with E-state index in [2.05, 4.69) is 10.6 Å². The van der Waals surface area contributed by atoms with Crippen LogP contribution in [0.15, 0.2) is 18.2 Å². The van der Waals surface area contributed by atoms with Gasteiger partial charge in [-0.25, -0.2) is 0 Å². The summed E-state index contributed by atoms with van der Waals surface area (Å²) < 4.78 is 0. The van der Waals surface area contributed by atoms with Crippen LogP contribution in [-0.2, 0) is 16.0 Å². The van der Waals surface area contributed by atoms with Crippen molar-refractivity contribution in [3.05, 3.63) is 23.8 Å². The van der Waals surface area contributed by atoms with Crippen LogP contribution in [0.1, 0.15) is 31.7 Å². The number of nitrogens with zero attached hydrogens (tertiary/aromatic N) is 1. The van der Waals surface area contributed by atoms with Crippen LogP contribution in [-0.4, -0.2) is 31.4 Å². The van der Waals surface area contributed by atoms with Gasteiger partial charge in [0.15, 0.2) is 0 Å². The number of fused-ring (bicyclic) bond motifs is 1. The highest BCUT2D eigenvalue weighted by molar-refractivity contribution is 5.95. The molecule has 1 aromatic carbocycles. The number of amides is 2. The molecule has 0 unspecified atom stereocenters. The summed E-state index contributed by atoms with van der Waals surface area (Å²) >= 11 is 0. The molecular weight excluding hydrogens is 314 g/mol.